The highest BCUT2D eigenvalue weighted by atomic mass is 19.1. The molecule has 0 saturated heterocycles. The Morgan fingerprint density at radius 2 is 1.48 bits per heavy atom. The molecule has 0 radical (unpaired) electrons. The van der Waals surface area contributed by atoms with Crippen molar-refractivity contribution >= 4 is 5.69 Å². The maximum absolute atomic E-state index is 14.0. The van der Waals surface area contributed by atoms with Crippen molar-refractivity contribution in [3.05, 3.63) is 102 Å². The molecule has 27 heavy (non-hydrogen) atoms. The van der Waals surface area contributed by atoms with Gasteiger partial charge in [-0.25, -0.2) is 8.78 Å². The molecule has 1 atom stereocenters. The zero-order valence-corrected chi connectivity index (χ0v) is 14.1. The van der Waals surface area contributed by atoms with Gasteiger partial charge in [-0.1, -0.05) is 42.5 Å². The standard InChI is InChI=1S/C21H15F2N3O/c22-15-10-12-16(13-11-15)24-19(14-6-2-1-3-7-14)21-26-25-20(27-21)17-8-4-5-9-18(17)23/h1-13,19,24H/t19-/m1/s1. The summed E-state index contributed by atoms with van der Waals surface area (Å²) in [6.45, 7) is 0. The van der Waals surface area contributed by atoms with Gasteiger partial charge in [-0.3, -0.25) is 0 Å². The van der Waals surface area contributed by atoms with Crippen LogP contribution in [-0.2, 0) is 0 Å². The molecule has 0 saturated carbocycles. The first-order chi connectivity index (χ1) is 13.2. The van der Waals surface area contributed by atoms with Crippen molar-refractivity contribution < 1.29 is 13.2 Å². The third-order valence-corrected chi connectivity index (χ3v) is 4.08. The van der Waals surface area contributed by atoms with Crippen molar-refractivity contribution in [1.82, 2.24) is 10.2 Å². The molecular formula is C21H15F2N3O. The zero-order chi connectivity index (χ0) is 18.6. The van der Waals surface area contributed by atoms with Gasteiger partial charge in [-0.2, -0.15) is 0 Å². The van der Waals surface area contributed by atoms with E-state index in [0.29, 0.717) is 5.69 Å². The molecule has 0 fully saturated rings. The Morgan fingerprint density at radius 3 is 2.22 bits per heavy atom. The van der Waals surface area contributed by atoms with Crippen LogP contribution in [0.4, 0.5) is 14.5 Å². The lowest BCUT2D eigenvalue weighted by Gasteiger charge is -2.17. The fourth-order valence-corrected chi connectivity index (χ4v) is 2.74. The van der Waals surface area contributed by atoms with Crippen molar-refractivity contribution in [3.8, 4) is 11.5 Å². The van der Waals surface area contributed by atoms with Gasteiger partial charge in [0.1, 0.15) is 17.7 Å². The monoisotopic (exact) mass is 363 g/mol. The summed E-state index contributed by atoms with van der Waals surface area (Å²) < 4.78 is 33.0. The number of hydrogen-bond donors (Lipinski definition) is 1. The number of hydrogen-bond acceptors (Lipinski definition) is 4. The summed E-state index contributed by atoms with van der Waals surface area (Å²) >= 11 is 0. The first-order valence-corrected chi connectivity index (χ1v) is 8.36. The third-order valence-electron chi connectivity index (χ3n) is 4.08. The fourth-order valence-electron chi connectivity index (χ4n) is 2.74. The second-order valence-electron chi connectivity index (χ2n) is 5.92. The molecular weight excluding hydrogens is 348 g/mol. The van der Waals surface area contributed by atoms with E-state index >= 15 is 0 Å². The molecule has 6 heteroatoms. The van der Waals surface area contributed by atoms with Crippen LogP contribution in [0.5, 0.6) is 0 Å². The van der Waals surface area contributed by atoms with Crippen LogP contribution in [0.2, 0.25) is 0 Å². The number of rotatable bonds is 5. The van der Waals surface area contributed by atoms with E-state index in [1.54, 1.807) is 30.3 Å². The zero-order valence-electron chi connectivity index (χ0n) is 14.1. The van der Waals surface area contributed by atoms with Crippen LogP contribution in [0.25, 0.3) is 11.5 Å². The molecule has 1 aromatic heterocycles. The SMILES string of the molecule is Fc1ccc(N[C@H](c2ccccc2)c2nnc(-c3ccccc3F)o2)cc1. The molecule has 4 aromatic rings. The van der Waals surface area contributed by atoms with Crippen molar-refractivity contribution in [2.45, 2.75) is 6.04 Å². The third kappa shape index (κ3) is 3.69. The Hall–Kier alpha value is -3.54. The number of nitrogens with zero attached hydrogens (tertiary/aromatic N) is 2. The molecule has 0 unspecified atom stereocenters. The number of aromatic nitrogens is 2. The highest BCUT2D eigenvalue weighted by Gasteiger charge is 2.22. The second-order valence-corrected chi connectivity index (χ2v) is 5.92. The van der Waals surface area contributed by atoms with Crippen LogP contribution in [0, 0.1) is 11.6 Å². The molecule has 0 aliphatic carbocycles. The summed E-state index contributed by atoms with van der Waals surface area (Å²) in [6.07, 6.45) is 0. The van der Waals surface area contributed by atoms with Crippen molar-refractivity contribution in [2.24, 2.45) is 0 Å². The molecule has 0 aliphatic heterocycles. The predicted octanol–water partition coefficient (Wildman–Crippen LogP) is 5.22. The maximum Gasteiger partial charge on any atom is 0.250 e. The van der Waals surface area contributed by atoms with Gasteiger partial charge in [0.05, 0.1) is 5.56 Å². The van der Waals surface area contributed by atoms with E-state index in [1.807, 2.05) is 30.3 Å². The Labute approximate surface area is 154 Å². The van der Waals surface area contributed by atoms with Crippen LogP contribution < -0.4 is 5.32 Å². The van der Waals surface area contributed by atoms with Crippen molar-refractivity contribution in [1.29, 1.82) is 0 Å². The lowest BCUT2D eigenvalue weighted by molar-refractivity contribution is 0.490. The number of halogens is 2. The predicted molar refractivity (Wildman–Crippen MR) is 98.0 cm³/mol. The highest BCUT2D eigenvalue weighted by molar-refractivity contribution is 5.54. The lowest BCUT2D eigenvalue weighted by Crippen LogP contribution is -2.12. The summed E-state index contributed by atoms with van der Waals surface area (Å²) in [5.74, 6) is -0.374. The Bertz CT molecular complexity index is 1030. The molecule has 4 nitrogen and oxygen atoms in total. The van der Waals surface area contributed by atoms with Crippen LogP contribution in [-0.4, -0.2) is 10.2 Å². The summed E-state index contributed by atoms with van der Waals surface area (Å²) in [5, 5.41) is 11.4. The summed E-state index contributed by atoms with van der Waals surface area (Å²) in [4.78, 5) is 0. The maximum atomic E-state index is 14.0. The smallest absolute Gasteiger partial charge is 0.250 e. The van der Waals surface area contributed by atoms with E-state index in [9.17, 15) is 8.78 Å². The van der Waals surface area contributed by atoms with Gasteiger partial charge < -0.3 is 9.73 Å². The molecule has 4 rings (SSSR count). The van der Waals surface area contributed by atoms with Gasteiger partial charge in [0.2, 0.25) is 5.89 Å². The van der Waals surface area contributed by atoms with Gasteiger partial charge in [0.25, 0.3) is 5.89 Å². The number of nitrogens with one attached hydrogen (secondary N) is 1. The van der Waals surface area contributed by atoms with E-state index in [4.69, 9.17) is 4.42 Å². The number of benzene rings is 3. The fraction of sp³-hybridized carbons (Fsp3) is 0.0476. The molecule has 1 heterocycles. The van der Waals surface area contributed by atoms with Crippen molar-refractivity contribution in [2.75, 3.05) is 5.32 Å². The van der Waals surface area contributed by atoms with Crippen LogP contribution in [0.3, 0.4) is 0 Å². The Kier molecular flexibility index (Phi) is 4.61. The topological polar surface area (TPSA) is 51.0 Å². The second kappa shape index (κ2) is 7.37. The molecule has 0 bridgehead atoms. The largest absolute Gasteiger partial charge is 0.418 e. The van der Waals surface area contributed by atoms with Gasteiger partial charge in [-0.05, 0) is 42.0 Å². The lowest BCUT2D eigenvalue weighted by atomic mass is 10.1. The summed E-state index contributed by atoms with van der Waals surface area (Å²) in [6, 6.07) is 21.2. The van der Waals surface area contributed by atoms with Gasteiger partial charge in [-0.15, -0.1) is 10.2 Å². The Morgan fingerprint density at radius 1 is 0.778 bits per heavy atom. The van der Waals surface area contributed by atoms with Crippen LogP contribution in [0.15, 0.2) is 83.3 Å². The first kappa shape index (κ1) is 16.9. The number of anilines is 1. The Balaban J connectivity index is 1.71. The quantitative estimate of drug-likeness (QED) is 0.528. The minimum absolute atomic E-state index is 0.102. The molecule has 3 aromatic carbocycles. The molecule has 1 N–H and O–H groups in total. The van der Waals surface area contributed by atoms with Crippen LogP contribution >= 0.6 is 0 Å². The highest BCUT2D eigenvalue weighted by Crippen LogP contribution is 2.29. The summed E-state index contributed by atoms with van der Waals surface area (Å²) in [7, 11) is 0. The molecule has 0 aliphatic rings. The van der Waals surface area contributed by atoms with Gasteiger partial charge >= 0.3 is 0 Å². The van der Waals surface area contributed by atoms with E-state index in [-0.39, 0.29) is 23.2 Å². The average molecular weight is 363 g/mol. The van der Waals surface area contributed by atoms with E-state index in [2.05, 4.69) is 15.5 Å². The molecule has 134 valence electrons. The normalized spacial score (nSPS) is 11.9. The average Bonchev–Trinajstić information content (AvgIpc) is 3.18. The van der Waals surface area contributed by atoms with E-state index in [1.165, 1.54) is 18.2 Å². The van der Waals surface area contributed by atoms with Crippen molar-refractivity contribution in [3.63, 3.8) is 0 Å². The minimum Gasteiger partial charge on any atom is -0.418 e. The minimum atomic E-state index is -0.468. The van der Waals surface area contributed by atoms with E-state index < -0.39 is 11.9 Å². The summed E-state index contributed by atoms with van der Waals surface area (Å²) in [5.41, 5.74) is 1.81. The van der Waals surface area contributed by atoms with Gasteiger partial charge in [0.15, 0.2) is 0 Å². The first-order valence-electron chi connectivity index (χ1n) is 8.36. The molecule has 0 spiro atoms. The molecule has 0 amide bonds. The van der Waals surface area contributed by atoms with Crippen LogP contribution in [0.1, 0.15) is 17.5 Å². The van der Waals surface area contributed by atoms with Gasteiger partial charge in [0, 0.05) is 5.69 Å². The van der Waals surface area contributed by atoms with E-state index in [0.717, 1.165) is 5.56 Å².